The van der Waals surface area contributed by atoms with Gasteiger partial charge in [-0.15, -0.1) is 0 Å². The molecule has 2 aromatic heterocycles. The van der Waals surface area contributed by atoms with Crippen LogP contribution in [-0.2, 0) is 24.4 Å². The lowest BCUT2D eigenvalue weighted by Gasteiger charge is -2.19. The van der Waals surface area contributed by atoms with Crippen molar-refractivity contribution in [2.75, 3.05) is 6.61 Å². The molecule has 6 heteroatoms. The fraction of sp³-hybridized carbons (Fsp3) is 0.533. The molecule has 3 heterocycles. The molecule has 3 rings (SSSR count). The van der Waals surface area contributed by atoms with Gasteiger partial charge in [0.15, 0.2) is 0 Å². The molecular formula is C15H21N3O3. The molecule has 21 heavy (non-hydrogen) atoms. The number of aliphatic hydroxyl groups is 1. The highest BCUT2D eigenvalue weighted by molar-refractivity contribution is 5.08. The van der Waals surface area contributed by atoms with Crippen LogP contribution < -0.4 is 5.32 Å². The molecule has 1 aliphatic rings. The quantitative estimate of drug-likeness (QED) is 0.846. The van der Waals surface area contributed by atoms with Crippen LogP contribution in [0.15, 0.2) is 28.9 Å². The van der Waals surface area contributed by atoms with Crippen LogP contribution in [0.5, 0.6) is 0 Å². The molecule has 1 fully saturated rings. The van der Waals surface area contributed by atoms with Gasteiger partial charge in [0, 0.05) is 31.6 Å². The van der Waals surface area contributed by atoms with E-state index in [2.05, 4.69) is 21.8 Å². The summed E-state index contributed by atoms with van der Waals surface area (Å²) >= 11 is 0. The van der Waals surface area contributed by atoms with Crippen molar-refractivity contribution in [2.24, 2.45) is 0 Å². The summed E-state index contributed by atoms with van der Waals surface area (Å²) < 4.78 is 13.5. The van der Waals surface area contributed by atoms with Gasteiger partial charge < -0.3 is 24.1 Å². The van der Waals surface area contributed by atoms with Crippen LogP contribution in [0.25, 0.3) is 0 Å². The van der Waals surface area contributed by atoms with Gasteiger partial charge in [0.1, 0.15) is 30.1 Å². The second-order valence-corrected chi connectivity index (χ2v) is 5.17. The lowest BCUT2D eigenvalue weighted by molar-refractivity contribution is 0.0881. The van der Waals surface area contributed by atoms with Crippen LogP contribution in [0.1, 0.15) is 36.8 Å². The number of aromatic nitrogens is 2. The van der Waals surface area contributed by atoms with E-state index in [1.807, 2.05) is 18.5 Å². The fourth-order valence-corrected chi connectivity index (χ4v) is 2.73. The number of furan rings is 1. The molecule has 0 bridgehead atoms. The number of nitrogens with zero attached hydrogens (tertiary/aromatic N) is 2. The minimum Gasteiger partial charge on any atom is -0.462 e. The first-order valence-corrected chi connectivity index (χ1v) is 7.36. The van der Waals surface area contributed by atoms with Gasteiger partial charge in [0.2, 0.25) is 0 Å². The maximum Gasteiger partial charge on any atom is 0.139 e. The number of hydrogen-bond donors (Lipinski definition) is 2. The molecule has 0 radical (unpaired) electrons. The molecule has 0 aromatic carbocycles. The molecule has 114 valence electrons. The highest BCUT2D eigenvalue weighted by Gasteiger charge is 2.32. The zero-order valence-corrected chi connectivity index (χ0v) is 12.2. The minimum absolute atomic E-state index is 0.0211. The van der Waals surface area contributed by atoms with Crippen molar-refractivity contribution >= 4 is 0 Å². The van der Waals surface area contributed by atoms with Gasteiger partial charge in [-0.3, -0.25) is 0 Å². The molecule has 0 unspecified atom stereocenters. The van der Waals surface area contributed by atoms with E-state index >= 15 is 0 Å². The predicted octanol–water partition coefficient (Wildman–Crippen LogP) is 1.61. The van der Waals surface area contributed by atoms with Crippen molar-refractivity contribution in [1.82, 2.24) is 14.9 Å². The number of imidazole rings is 1. The summed E-state index contributed by atoms with van der Waals surface area (Å²) in [5.41, 5.74) is 0. The maximum absolute atomic E-state index is 9.01. The van der Waals surface area contributed by atoms with Gasteiger partial charge in [-0.2, -0.15) is 0 Å². The SMILES string of the molecule is CCn1ccnc1[C@H]1OCC[C@@H]1NCc1ccc(CO)o1. The Morgan fingerprint density at radius 3 is 3.05 bits per heavy atom. The van der Waals surface area contributed by atoms with Crippen molar-refractivity contribution in [1.29, 1.82) is 0 Å². The van der Waals surface area contributed by atoms with Gasteiger partial charge in [0.25, 0.3) is 0 Å². The topological polar surface area (TPSA) is 72.5 Å². The Morgan fingerprint density at radius 2 is 2.29 bits per heavy atom. The summed E-state index contributed by atoms with van der Waals surface area (Å²) in [5.74, 6) is 2.39. The van der Waals surface area contributed by atoms with Gasteiger partial charge in [0.05, 0.1) is 6.54 Å². The lowest BCUT2D eigenvalue weighted by Crippen LogP contribution is -2.32. The Bertz CT molecular complexity index is 578. The van der Waals surface area contributed by atoms with Crippen LogP contribution in [0, 0.1) is 0 Å². The van der Waals surface area contributed by atoms with Crippen LogP contribution in [0.3, 0.4) is 0 Å². The van der Waals surface area contributed by atoms with Gasteiger partial charge >= 0.3 is 0 Å². The molecule has 0 amide bonds. The fourth-order valence-electron chi connectivity index (χ4n) is 2.73. The first-order valence-electron chi connectivity index (χ1n) is 7.36. The second-order valence-electron chi connectivity index (χ2n) is 5.17. The largest absolute Gasteiger partial charge is 0.462 e. The Balaban J connectivity index is 1.64. The normalized spacial score (nSPS) is 22.0. The van der Waals surface area contributed by atoms with Crippen molar-refractivity contribution < 1.29 is 14.3 Å². The van der Waals surface area contributed by atoms with E-state index in [9.17, 15) is 0 Å². The number of hydrogen-bond acceptors (Lipinski definition) is 5. The highest BCUT2D eigenvalue weighted by atomic mass is 16.5. The number of nitrogens with one attached hydrogen (secondary N) is 1. The molecule has 2 aromatic rings. The van der Waals surface area contributed by atoms with E-state index in [4.69, 9.17) is 14.3 Å². The summed E-state index contributed by atoms with van der Waals surface area (Å²) in [7, 11) is 0. The summed E-state index contributed by atoms with van der Waals surface area (Å²) in [6.07, 6.45) is 4.73. The van der Waals surface area contributed by atoms with Gasteiger partial charge in [-0.1, -0.05) is 0 Å². The number of rotatable bonds is 6. The summed E-state index contributed by atoms with van der Waals surface area (Å²) in [4.78, 5) is 4.43. The third kappa shape index (κ3) is 3.02. The monoisotopic (exact) mass is 291 g/mol. The van der Waals surface area contributed by atoms with Crippen LogP contribution in [0.4, 0.5) is 0 Å². The van der Waals surface area contributed by atoms with Crippen molar-refractivity contribution in [3.05, 3.63) is 41.9 Å². The number of aryl methyl sites for hydroxylation is 1. The van der Waals surface area contributed by atoms with Crippen molar-refractivity contribution in [3.8, 4) is 0 Å². The third-order valence-corrected chi connectivity index (χ3v) is 3.85. The van der Waals surface area contributed by atoms with Crippen molar-refractivity contribution in [2.45, 2.75) is 45.2 Å². The molecule has 1 saturated heterocycles. The van der Waals surface area contributed by atoms with Crippen LogP contribution in [-0.4, -0.2) is 27.3 Å². The molecule has 0 aliphatic carbocycles. The smallest absolute Gasteiger partial charge is 0.139 e. The number of aliphatic hydroxyl groups excluding tert-OH is 1. The Labute approximate surface area is 123 Å². The van der Waals surface area contributed by atoms with Gasteiger partial charge in [-0.25, -0.2) is 4.98 Å². The first-order chi connectivity index (χ1) is 10.3. The van der Waals surface area contributed by atoms with E-state index in [0.29, 0.717) is 12.3 Å². The third-order valence-electron chi connectivity index (χ3n) is 3.85. The lowest BCUT2D eigenvalue weighted by atomic mass is 10.1. The van der Waals surface area contributed by atoms with E-state index in [1.165, 1.54) is 0 Å². The Kier molecular flexibility index (Phi) is 4.38. The zero-order valence-electron chi connectivity index (χ0n) is 12.2. The van der Waals surface area contributed by atoms with Crippen LogP contribution in [0.2, 0.25) is 0 Å². The van der Waals surface area contributed by atoms with E-state index in [-0.39, 0.29) is 18.8 Å². The Hall–Kier alpha value is -1.63. The average Bonchev–Trinajstić information content (AvgIpc) is 3.23. The van der Waals surface area contributed by atoms with E-state index < -0.39 is 0 Å². The molecule has 0 saturated carbocycles. The maximum atomic E-state index is 9.01. The molecule has 0 spiro atoms. The second kappa shape index (κ2) is 6.43. The summed E-state index contributed by atoms with van der Waals surface area (Å²) in [6.45, 7) is 4.28. The molecule has 2 atom stereocenters. The van der Waals surface area contributed by atoms with E-state index in [1.54, 1.807) is 6.07 Å². The summed E-state index contributed by atoms with van der Waals surface area (Å²) in [5, 5.41) is 12.5. The summed E-state index contributed by atoms with van der Waals surface area (Å²) in [6, 6.07) is 3.90. The molecule has 6 nitrogen and oxygen atoms in total. The van der Waals surface area contributed by atoms with Crippen LogP contribution >= 0.6 is 0 Å². The minimum atomic E-state index is -0.0664. The molecule has 2 N–H and O–H groups in total. The molecule has 1 aliphatic heterocycles. The Morgan fingerprint density at radius 1 is 1.43 bits per heavy atom. The standard InChI is InChI=1S/C15H21N3O3/c1-2-18-7-6-16-15(18)14-13(5-8-20-14)17-9-11-3-4-12(10-19)21-11/h3-4,6-7,13-14,17,19H,2,5,8-10H2,1H3/t13-,14-/m0/s1. The zero-order chi connectivity index (χ0) is 14.7. The van der Waals surface area contributed by atoms with Crippen molar-refractivity contribution in [3.63, 3.8) is 0 Å². The molecular weight excluding hydrogens is 270 g/mol. The highest BCUT2D eigenvalue weighted by Crippen LogP contribution is 2.28. The van der Waals surface area contributed by atoms with Gasteiger partial charge in [-0.05, 0) is 25.5 Å². The predicted molar refractivity (Wildman–Crippen MR) is 76.5 cm³/mol. The first kappa shape index (κ1) is 14.3. The number of ether oxygens (including phenoxy) is 1. The average molecular weight is 291 g/mol. The van der Waals surface area contributed by atoms with E-state index in [0.717, 1.165) is 31.2 Å².